The molecule has 0 aliphatic carbocycles. The Bertz CT molecular complexity index is 616. The van der Waals surface area contributed by atoms with Crippen LogP contribution in [0.5, 0.6) is 0 Å². The van der Waals surface area contributed by atoms with Crippen LogP contribution in [0.2, 0.25) is 0 Å². The highest BCUT2D eigenvalue weighted by Crippen LogP contribution is 2.15. The second-order valence-corrected chi connectivity index (χ2v) is 5.79. The lowest BCUT2D eigenvalue weighted by molar-refractivity contribution is -0.117. The lowest BCUT2D eigenvalue weighted by Crippen LogP contribution is -2.24. The number of amides is 1. The number of nitrogens with two attached hydrogens (primary N) is 1. The normalized spacial score (nSPS) is 13.8. The zero-order valence-electron chi connectivity index (χ0n) is 11.4. The molecule has 20 heavy (non-hydrogen) atoms. The van der Waals surface area contributed by atoms with Crippen molar-refractivity contribution in [3.05, 3.63) is 54.1 Å². The molecule has 0 fully saturated rings. The van der Waals surface area contributed by atoms with Gasteiger partial charge in [0.25, 0.3) is 0 Å². The molecule has 0 radical (unpaired) electrons. The average molecular weight is 294 g/mol. The third-order valence-corrected chi connectivity index (χ3v) is 3.55. The number of hydrogen-bond donors (Lipinski definition) is 2. The first-order valence-electron chi connectivity index (χ1n) is 6.07. The van der Waals surface area contributed by atoms with Crippen molar-refractivity contribution in [2.45, 2.75) is 24.8 Å². The number of rotatable bonds is 5. The highest BCUT2D eigenvalue weighted by Gasteiger charge is 2.10. The van der Waals surface area contributed by atoms with Gasteiger partial charge < -0.3 is 5.32 Å². The molecule has 1 aromatic carbocycles. The average Bonchev–Trinajstić information content (AvgIpc) is 2.38. The van der Waals surface area contributed by atoms with Crippen LogP contribution in [0.15, 0.2) is 53.5 Å². The standard InChI is InChI=1S/C14H18N2O3S/c1-3-4-5-6-14(17)16-11(2)12-7-9-13(10-8-12)20(15,18)19/h3-11H,1-2H3,(H,16,17)(H2,15,18,19)/b4-3+,6-5+. The van der Waals surface area contributed by atoms with Crippen molar-refractivity contribution in [2.75, 3.05) is 0 Å². The molecule has 0 aliphatic heterocycles. The van der Waals surface area contributed by atoms with Gasteiger partial charge in [0.1, 0.15) is 0 Å². The summed E-state index contributed by atoms with van der Waals surface area (Å²) in [6, 6.07) is 5.86. The molecule has 0 heterocycles. The lowest BCUT2D eigenvalue weighted by Gasteiger charge is -2.13. The van der Waals surface area contributed by atoms with E-state index in [9.17, 15) is 13.2 Å². The third-order valence-electron chi connectivity index (χ3n) is 2.62. The molecule has 6 heteroatoms. The summed E-state index contributed by atoms with van der Waals surface area (Å²) < 4.78 is 22.3. The van der Waals surface area contributed by atoms with Gasteiger partial charge in [0.2, 0.25) is 15.9 Å². The van der Waals surface area contributed by atoms with Gasteiger partial charge in [-0.2, -0.15) is 0 Å². The second-order valence-electron chi connectivity index (χ2n) is 4.23. The molecule has 108 valence electrons. The highest BCUT2D eigenvalue weighted by molar-refractivity contribution is 7.89. The van der Waals surface area contributed by atoms with Crippen LogP contribution in [0.4, 0.5) is 0 Å². The summed E-state index contributed by atoms with van der Waals surface area (Å²) in [7, 11) is -3.69. The van der Waals surface area contributed by atoms with Gasteiger partial charge in [-0.1, -0.05) is 30.4 Å². The molecule has 1 rings (SSSR count). The van der Waals surface area contributed by atoms with Gasteiger partial charge in [-0.15, -0.1) is 0 Å². The quantitative estimate of drug-likeness (QED) is 0.639. The Morgan fingerprint density at radius 3 is 2.35 bits per heavy atom. The fraction of sp³-hybridized carbons (Fsp3) is 0.214. The molecule has 1 atom stereocenters. The van der Waals surface area contributed by atoms with Crippen molar-refractivity contribution < 1.29 is 13.2 Å². The zero-order chi connectivity index (χ0) is 15.2. The Labute approximate surface area is 119 Å². The van der Waals surface area contributed by atoms with Crippen LogP contribution >= 0.6 is 0 Å². The molecular formula is C14H18N2O3S. The molecule has 1 amide bonds. The summed E-state index contributed by atoms with van der Waals surface area (Å²) in [5.74, 6) is -0.217. The van der Waals surface area contributed by atoms with Crippen molar-refractivity contribution >= 4 is 15.9 Å². The van der Waals surface area contributed by atoms with Gasteiger partial charge in [0, 0.05) is 6.08 Å². The highest BCUT2D eigenvalue weighted by atomic mass is 32.2. The summed E-state index contributed by atoms with van der Waals surface area (Å²) in [4.78, 5) is 11.6. The van der Waals surface area contributed by atoms with Crippen molar-refractivity contribution in [3.8, 4) is 0 Å². The van der Waals surface area contributed by atoms with Gasteiger partial charge in [0.15, 0.2) is 0 Å². The molecular weight excluding hydrogens is 276 g/mol. The number of primary sulfonamides is 1. The maximum absolute atomic E-state index is 11.6. The minimum atomic E-state index is -3.69. The van der Waals surface area contributed by atoms with E-state index >= 15 is 0 Å². The summed E-state index contributed by atoms with van der Waals surface area (Å²) >= 11 is 0. The van der Waals surface area contributed by atoms with E-state index in [1.165, 1.54) is 18.2 Å². The fourth-order valence-electron chi connectivity index (χ4n) is 1.55. The van der Waals surface area contributed by atoms with Crippen LogP contribution in [-0.4, -0.2) is 14.3 Å². The maximum atomic E-state index is 11.6. The van der Waals surface area contributed by atoms with Crippen molar-refractivity contribution in [1.29, 1.82) is 0 Å². The molecule has 3 N–H and O–H groups in total. The number of carbonyl (C=O) groups excluding carboxylic acids is 1. The Hall–Kier alpha value is -1.92. The van der Waals surface area contributed by atoms with E-state index in [0.29, 0.717) is 0 Å². The zero-order valence-corrected chi connectivity index (χ0v) is 12.2. The largest absolute Gasteiger partial charge is 0.346 e. The molecule has 0 aliphatic rings. The number of nitrogens with one attached hydrogen (secondary N) is 1. The number of sulfonamides is 1. The molecule has 0 bridgehead atoms. The van der Waals surface area contributed by atoms with Crippen LogP contribution in [0.25, 0.3) is 0 Å². The lowest BCUT2D eigenvalue weighted by atomic mass is 10.1. The molecule has 0 saturated heterocycles. The summed E-state index contributed by atoms with van der Waals surface area (Å²) in [5, 5.41) is 7.79. The second kappa shape index (κ2) is 7.02. The van der Waals surface area contributed by atoms with Crippen molar-refractivity contribution in [2.24, 2.45) is 5.14 Å². The Kier molecular flexibility index (Phi) is 5.66. The summed E-state index contributed by atoms with van der Waals surface area (Å²) in [5.41, 5.74) is 0.796. The topological polar surface area (TPSA) is 89.3 Å². The fourth-order valence-corrected chi connectivity index (χ4v) is 2.06. The molecule has 0 aromatic heterocycles. The third kappa shape index (κ3) is 4.99. The van der Waals surface area contributed by atoms with E-state index in [2.05, 4.69) is 5.32 Å². The first-order chi connectivity index (χ1) is 9.34. The van der Waals surface area contributed by atoms with Crippen molar-refractivity contribution in [1.82, 2.24) is 5.32 Å². The van der Waals surface area contributed by atoms with E-state index in [0.717, 1.165) is 5.56 Å². The Balaban J connectivity index is 2.73. The van der Waals surface area contributed by atoms with Crippen LogP contribution < -0.4 is 10.5 Å². The molecule has 5 nitrogen and oxygen atoms in total. The minimum Gasteiger partial charge on any atom is -0.346 e. The number of carbonyl (C=O) groups is 1. The number of hydrogen-bond acceptors (Lipinski definition) is 3. The smallest absolute Gasteiger partial charge is 0.244 e. The van der Waals surface area contributed by atoms with E-state index in [4.69, 9.17) is 5.14 Å². The molecule has 1 unspecified atom stereocenters. The SMILES string of the molecule is C/C=C/C=C/C(=O)NC(C)c1ccc(S(N)(=O)=O)cc1. The van der Waals surface area contributed by atoms with E-state index in [-0.39, 0.29) is 16.8 Å². The molecule has 0 saturated carbocycles. The van der Waals surface area contributed by atoms with Gasteiger partial charge in [0.05, 0.1) is 10.9 Å². The first kappa shape index (κ1) is 16.1. The van der Waals surface area contributed by atoms with Crippen LogP contribution in [0.3, 0.4) is 0 Å². The Morgan fingerprint density at radius 2 is 1.85 bits per heavy atom. The van der Waals surface area contributed by atoms with E-state index < -0.39 is 10.0 Å². The van der Waals surface area contributed by atoms with Crippen molar-refractivity contribution in [3.63, 3.8) is 0 Å². The first-order valence-corrected chi connectivity index (χ1v) is 7.62. The van der Waals surface area contributed by atoms with E-state index in [1.54, 1.807) is 24.3 Å². The van der Waals surface area contributed by atoms with Gasteiger partial charge in [-0.25, -0.2) is 13.6 Å². The predicted molar refractivity (Wildman–Crippen MR) is 78.3 cm³/mol. The monoisotopic (exact) mass is 294 g/mol. The summed E-state index contributed by atoms with van der Waals surface area (Å²) in [6.45, 7) is 3.67. The van der Waals surface area contributed by atoms with Crippen LogP contribution in [0.1, 0.15) is 25.5 Å². The number of benzene rings is 1. The minimum absolute atomic E-state index is 0.0488. The van der Waals surface area contributed by atoms with Gasteiger partial charge in [-0.3, -0.25) is 4.79 Å². The molecule has 1 aromatic rings. The van der Waals surface area contributed by atoms with Crippen LogP contribution in [-0.2, 0) is 14.8 Å². The van der Waals surface area contributed by atoms with Gasteiger partial charge >= 0.3 is 0 Å². The van der Waals surface area contributed by atoms with Gasteiger partial charge in [-0.05, 0) is 31.5 Å². The van der Waals surface area contributed by atoms with E-state index in [1.807, 2.05) is 19.9 Å². The van der Waals surface area contributed by atoms with Crippen LogP contribution in [0, 0.1) is 0 Å². The number of allylic oxidation sites excluding steroid dienone is 3. The molecule has 0 spiro atoms. The summed E-state index contributed by atoms with van der Waals surface area (Å²) in [6.07, 6.45) is 6.64. The maximum Gasteiger partial charge on any atom is 0.244 e. The predicted octanol–water partition coefficient (Wildman–Crippen LogP) is 1.64. The Morgan fingerprint density at radius 1 is 1.25 bits per heavy atom.